The fourth-order valence-corrected chi connectivity index (χ4v) is 3.91. The molecule has 142 valence electrons. The molecule has 1 N–H and O–H groups in total. The van der Waals surface area contributed by atoms with E-state index in [1.54, 1.807) is 29.3 Å². The van der Waals surface area contributed by atoms with E-state index in [0.29, 0.717) is 18.1 Å². The third-order valence-corrected chi connectivity index (χ3v) is 5.70. The van der Waals surface area contributed by atoms with Crippen LogP contribution in [0.15, 0.2) is 68.1 Å². The number of thiophene rings is 1. The Labute approximate surface area is 169 Å². The summed E-state index contributed by atoms with van der Waals surface area (Å²) in [7, 11) is 1.96. The van der Waals surface area contributed by atoms with Crippen molar-refractivity contribution in [2.75, 3.05) is 5.32 Å². The second kappa shape index (κ2) is 8.41. The Morgan fingerprint density at radius 2 is 2.14 bits per heavy atom. The SMILES string of the molecule is Cn1ccnc1Sc1ccc(NC(=O)CCc2nc(-c3ccsc3)no2)cc1. The van der Waals surface area contributed by atoms with Gasteiger partial charge in [0.2, 0.25) is 17.6 Å². The van der Waals surface area contributed by atoms with E-state index in [9.17, 15) is 4.79 Å². The van der Waals surface area contributed by atoms with E-state index in [1.165, 1.54) is 0 Å². The lowest BCUT2D eigenvalue weighted by molar-refractivity contribution is -0.116. The number of nitrogens with zero attached hydrogens (tertiary/aromatic N) is 4. The minimum absolute atomic E-state index is 0.0974. The third-order valence-electron chi connectivity index (χ3n) is 3.94. The minimum atomic E-state index is -0.0974. The molecule has 0 aliphatic carbocycles. The summed E-state index contributed by atoms with van der Waals surface area (Å²) < 4.78 is 7.18. The fourth-order valence-electron chi connectivity index (χ4n) is 2.47. The first-order valence-corrected chi connectivity index (χ1v) is 10.3. The van der Waals surface area contributed by atoms with Gasteiger partial charge >= 0.3 is 0 Å². The van der Waals surface area contributed by atoms with Crippen molar-refractivity contribution in [1.82, 2.24) is 19.7 Å². The van der Waals surface area contributed by atoms with Crippen LogP contribution in [0, 0.1) is 0 Å². The van der Waals surface area contributed by atoms with Gasteiger partial charge in [0.1, 0.15) is 0 Å². The maximum Gasteiger partial charge on any atom is 0.227 e. The molecule has 0 aliphatic rings. The second-order valence-corrected chi connectivity index (χ2v) is 7.84. The summed E-state index contributed by atoms with van der Waals surface area (Å²) in [6.45, 7) is 0. The van der Waals surface area contributed by atoms with Gasteiger partial charge in [-0.25, -0.2) is 4.98 Å². The van der Waals surface area contributed by atoms with Crippen molar-refractivity contribution < 1.29 is 9.32 Å². The van der Waals surface area contributed by atoms with Crippen LogP contribution in [-0.2, 0) is 18.3 Å². The van der Waals surface area contributed by atoms with E-state index in [2.05, 4.69) is 20.4 Å². The molecule has 1 amide bonds. The molecule has 1 aromatic carbocycles. The molecule has 0 atom stereocenters. The molecule has 3 heterocycles. The highest BCUT2D eigenvalue weighted by molar-refractivity contribution is 7.99. The topological polar surface area (TPSA) is 85.8 Å². The Balaban J connectivity index is 1.28. The summed E-state index contributed by atoms with van der Waals surface area (Å²) >= 11 is 3.14. The molecule has 4 aromatic rings. The molecule has 4 rings (SSSR count). The van der Waals surface area contributed by atoms with Crippen LogP contribution in [-0.4, -0.2) is 25.6 Å². The van der Waals surface area contributed by atoms with Crippen molar-refractivity contribution in [3.05, 3.63) is 59.4 Å². The van der Waals surface area contributed by atoms with Gasteiger partial charge in [0.15, 0.2) is 5.16 Å². The Morgan fingerprint density at radius 3 is 2.86 bits per heavy atom. The van der Waals surface area contributed by atoms with Crippen LogP contribution in [0.5, 0.6) is 0 Å². The molecule has 28 heavy (non-hydrogen) atoms. The average Bonchev–Trinajstić information content (AvgIpc) is 3.44. The zero-order chi connectivity index (χ0) is 19.3. The van der Waals surface area contributed by atoms with Gasteiger partial charge in [-0.2, -0.15) is 16.3 Å². The number of rotatable bonds is 7. The molecule has 3 aromatic heterocycles. The van der Waals surface area contributed by atoms with Gasteiger partial charge in [-0.15, -0.1) is 0 Å². The van der Waals surface area contributed by atoms with Crippen LogP contribution in [0.2, 0.25) is 0 Å². The van der Waals surface area contributed by atoms with Gasteiger partial charge in [0.05, 0.1) is 0 Å². The quantitative estimate of drug-likeness (QED) is 0.489. The summed E-state index contributed by atoms with van der Waals surface area (Å²) in [5.41, 5.74) is 1.67. The molecule has 0 aliphatic heterocycles. The minimum Gasteiger partial charge on any atom is -0.339 e. The lowest BCUT2D eigenvalue weighted by atomic mass is 10.2. The fraction of sp³-hybridized carbons (Fsp3) is 0.158. The van der Waals surface area contributed by atoms with E-state index in [-0.39, 0.29) is 12.3 Å². The van der Waals surface area contributed by atoms with Crippen LogP contribution in [0.25, 0.3) is 11.4 Å². The normalized spacial score (nSPS) is 10.9. The van der Waals surface area contributed by atoms with Gasteiger partial charge in [-0.1, -0.05) is 16.9 Å². The molecule has 0 bridgehead atoms. The number of carbonyl (C=O) groups is 1. The van der Waals surface area contributed by atoms with E-state index in [4.69, 9.17) is 4.52 Å². The summed E-state index contributed by atoms with van der Waals surface area (Å²) in [4.78, 5) is 21.9. The molecular formula is C19H17N5O2S2. The Morgan fingerprint density at radius 1 is 1.29 bits per heavy atom. The number of amides is 1. The van der Waals surface area contributed by atoms with E-state index >= 15 is 0 Å². The predicted molar refractivity (Wildman–Crippen MR) is 108 cm³/mol. The number of anilines is 1. The highest BCUT2D eigenvalue weighted by Crippen LogP contribution is 2.26. The van der Waals surface area contributed by atoms with Crippen LogP contribution in [0.1, 0.15) is 12.3 Å². The van der Waals surface area contributed by atoms with Crippen LogP contribution >= 0.6 is 23.1 Å². The zero-order valence-electron chi connectivity index (χ0n) is 15.0. The smallest absolute Gasteiger partial charge is 0.227 e. The van der Waals surface area contributed by atoms with E-state index in [0.717, 1.165) is 21.3 Å². The lowest BCUT2D eigenvalue weighted by Gasteiger charge is -2.06. The molecule has 7 nitrogen and oxygen atoms in total. The number of benzene rings is 1. The molecule has 9 heteroatoms. The monoisotopic (exact) mass is 411 g/mol. The van der Waals surface area contributed by atoms with Crippen molar-refractivity contribution in [1.29, 1.82) is 0 Å². The molecule has 0 unspecified atom stereocenters. The number of nitrogens with one attached hydrogen (secondary N) is 1. The van der Waals surface area contributed by atoms with Gasteiger partial charge in [-0.05, 0) is 35.7 Å². The third kappa shape index (κ3) is 4.49. The van der Waals surface area contributed by atoms with Gasteiger partial charge < -0.3 is 14.4 Å². The lowest BCUT2D eigenvalue weighted by Crippen LogP contribution is -2.12. The molecule has 0 saturated carbocycles. The molecule has 0 fully saturated rings. The van der Waals surface area contributed by atoms with Gasteiger partial charge in [0.25, 0.3) is 0 Å². The Bertz CT molecular complexity index is 1050. The number of imidazole rings is 1. The number of hydrogen-bond acceptors (Lipinski definition) is 7. The molecule has 0 radical (unpaired) electrons. The van der Waals surface area contributed by atoms with Crippen molar-refractivity contribution in [3.63, 3.8) is 0 Å². The number of aromatic nitrogens is 4. The average molecular weight is 412 g/mol. The second-order valence-electron chi connectivity index (χ2n) is 6.02. The summed E-state index contributed by atoms with van der Waals surface area (Å²) in [6, 6.07) is 9.61. The molecule has 0 saturated heterocycles. The molecule has 0 spiro atoms. The summed E-state index contributed by atoms with van der Waals surface area (Å²) in [5, 5.41) is 11.7. The van der Waals surface area contributed by atoms with Gasteiger partial charge in [0, 0.05) is 53.8 Å². The zero-order valence-corrected chi connectivity index (χ0v) is 16.7. The number of carbonyl (C=O) groups excluding carboxylic acids is 1. The van der Waals surface area contributed by atoms with Crippen molar-refractivity contribution >= 4 is 34.7 Å². The standard InChI is InChI=1S/C19H17N5O2S2/c1-24-10-9-20-19(24)28-15-4-2-14(3-5-15)21-16(25)6-7-17-22-18(23-26-17)13-8-11-27-12-13/h2-5,8-12H,6-7H2,1H3,(H,21,25). The first-order valence-electron chi connectivity index (χ1n) is 8.57. The summed E-state index contributed by atoms with van der Waals surface area (Å²) in [6.07, 6.45) is 4.35. The van der Waals surface area contributed by atoms with E-state index < -0.39 is 0 Å². The van der Waals surface area contributed by atoms with Crippen molar-refractivity contribution in [2.24, 2.45) is 7.05 Å². The summed E-state index contributed by atoms with van der Waals surface area (Å²) in [5.74, 6) is 0.912. The number of hydrogen-bond donors (Lipinski definition) is 1. The van der Waals surface area contributed by atoms with Crippen LogP contribution in [0.3, 0.4) is 0 Å². The van der Waals surface area contributed by atoms with Crippen molar-refractivity contribution in [2.45, 2.75) is 22.9 Å². The highest BCUT2D eigenvalue weighted by Gasteiger charge is 2.11. The predicted octanol–water partition coefficient (Wildman–Crippen LogP) is 4.25. The van der Waals surface area contributed by atoms with E-state index in [1.807, 2.05) is 58.9 Å². The van der Waals surface area contributed by atoms with Crippen LogP contribution < -0.4 is 5.32 Å². The first-order chi connectivity index (χ1) is 13.7. The number of aryl methyl sites for hydroxylation is 2. The van der Waals surface area contributed by atoms with Crippen molar-refractivity contribution in [3.8, 4) is 11.4 Å². The van der Waals surface area contributed by atoms with Gasteiger partial charge in [-0.3, -0.25) is 4.79 Å². The Kier molecular flexibility index (Phi) is 5.54. The first kappa shape index (κ1) is 18.5. The maximum absolute atomic E-state index is 12.2. The largest absolute Gasteiger partial charge is 0.339 e. The van der Waals surface area contributed by atoms with Crippen LogP contribution in [0.4, 0.5) is 5.69 Å². The highest BCUT2D eigenvalue weighted by atomic mass is 32.2. The molecular weight excluding hydrogens is 394 g/mol. The maximum atomic E-state index is 12.2. The Hall–Kier alpha value is -2.91.